The molecule has 1 heterocycles. The molecule has 1 fully saturated rings. The fourth-order valence-electron chi connectivity index (χ4n) is 5.46. The van der Waals surface area contributed by atoms with Crippen molar-refractivity contribution in [1.29, 1.82) is 0 Å². The minimum Gasteiger partial charge on any atom is -0.497 e. The average Bonchev–Trinajstić information content (AvgIpc) is 3.05. The summed E-state index contributed by atoms with van der Waals surface area (Å²) in [5.41, 5.74) is 4.23. The zero-order valence-corrected chi connectivity index (χ0v) is 24.4. The lowest BCUT2D eigenvalue weighted by Gasteiger charge is -2.35. The Labute approximate surface area is 251 Å². The SMILES string of the molecule is COc1ccc(C(=O)Nc2ccc(N3CCC(Cc4ccccc4)CC3)c(C(=O)NCc3ccc(F)cc3)c2)c(OC)c1. The van der Waals surface area contributed by atoms with Crippen molar-refractivity contribution in [3.8, 4) is 11.5 Å². The van der Waals surface area contributed by atoms with Crippen molar-refractivity contribution in [3.63, 3.8) is 0 Å². The molecule has 0 atom stereocenters. The van der Waals surface area contributed by atoms with E-state index in [2.05, 4.69) is 39.8 Å². The van der Waals surface area contributed by atoms with Crippen LogP contribution in [0.25, 0.3) is 0 Å². The number of nitrogens with zero attached hydrogens (tertiary/aromatic N) is 1. The van der Waals surface area contributed by atoms with Crippen LogP contribution >= 0.6 is 0 Å². The molecule has 4 aromatic carbocycles. The number of ether oxygens (including phenoxy) is 2. The number of anilines is 2. The molecule has 0 unspecified atom stereocenters. The largest absolute Gasteiger partial charge is 0.497 e. The molecule has 2 N–H and O–H groups in total. The van der Waals surface area contributed by atoms with Crippen LogP contribution in [-0.4, -0.2) is 39.1 Å². The third kappa shape index (κ3) is 7.52. The van der Waals surface area contributed by atoms with Gasteiger partial charge >= 0.3 is 0 Å². The molecule has 43 heavy (non-hydrogen) atoms. The lowest BCUT2D eigenvalue weighted by molar-refractivity contribution is 0.0949. The number of amides is 2. The summed E-state index contributed by atoms with van der Waals surface area (Å²) in [4.78, 5) is 29.0. The molecule has 5 rings (SSSR count). The van der Waals surface area contributed by atoms with Crippen molar-refractivity contribution in [2.24, 2.45) is 5.92 Å². The van der Waals surface area contributed by atoms with E-state index in [9.17, 15) is 14.0 Å². The summed E-state index contributed by atoms with van der Waals surface area (Å²) in [6, 6.07) is 27.0. The summed E-state index contributed by atoms with van der Waals surface area (Å²) < 4.78 is 24.0. The van der Waals surface area contributed by atoms with Crippen LogP contribution < -0.4 is 25.0 Å². The monoisotopic (exact) mass is 581 g/mol. The number of methoxy groups -OCH3 is 2. The molecule has 0 aromatic heterocycles. The molecule has 2 amide bonds. The van der Waals surface area contributed by atoms with Gasteiger partial charge in [-0.1, -0.05) is 42.5 Å². The van der Waals surface area contributed by atoms with Crippen molar-refractivity contribution < 1.29 is 23.5 Å². The van der Waals surface area contributed by atoms with Crippen LogP contribution in [0.3, 0.4) is 0 Å². The smallest absolute Gasteiger partial charge is 0.259 e. The van der Waals surface area contributed by atoms with E-state index in [0.717, 1.165) is 43.6 Å². The van der Waals surface area contributed by atoms with Gasteiger partial charge in [0.2, 0.25) is 0 Å². The maximum atomic E-state index is 13.6. The quantitative estimate of drug-likeness (QED) is 0.224. The number of carbonyl (C=O) groups is 2. The van der Waals surface area contributed by atoms with Crippen molar-refractivity contribution >= 4 is 23.2 Å². The standard InChI is InChI=1S/C35H36FN3O4/c1-42-29-13-14-30(33(22-29)43-2)35(41)38-28-12-15-32(31(21-28)34(40)37-23-26-8-10-27(36)11-9-26)39-18-16-25(17-19-39)20-24-6-4-3-5-7-24/h3-15,21-22,25H,16-20,23H2,1-2H3,(H,37,40)(H,38,41). The van der Waals surface area contributed by atoms with Gasteiger partial charge in [0.05, 0.1) is 25.3 Å². The zero-order chi connectivity index (χ0) is 30.2. The van der Waals surface area contributed by atoms with E-state index in [0.29, 0.717) is 34.2 Å². The van der Waals surface area contributed by atoms with E-state index >= 15 is 0 Å². The third-order valence-corrected chi connectivity index (χ3v) is 7.84. The van der Waals surface area contributed by atoms with Crippen LogP contribution in [0.2, 0.25) is 0 Å². The first kappa shape index (κ1) is 29.6. The van der Waals surface area contributed by atoms with Gasteiger partial charge in [-0.05, 0) is 78.8 Å². The topological polar surface area (TPSA) is 79.9 Å². The average molecular weight is 582 g/mol. The van der Waals surface area contributed by atoms with Crippen LogP contribution in [-0.2, 0) is 13.0 Å². The van der Waals surface area contributed by atoms with Gasteiger partial charge in [-0.25, -0.2) is 4.39 Å². The molecule has 0 spiro atoms. The first-order chi connectivity index (χ1) is 20.9. The fraction of sp³-hybridized carbons (Fsp3) is 0.257. The van der Waals surface area contributed by atoms with Gasteiger partial charge < -0.3 is 25.0 Å². The van der Waals surface area contributed by atoms with Crippen LogP contribution in [0.5, 0.6) is 11.5 Å². The van der Waals surface area contributed by atoms with E-state index < -0.39 is 0 Å². The second kappa shape index (κ2) is 13.9. The van der Waals surface area contributed by atoms with Gasteiger partial charge in [0.15, 0.2) is 0 Å². The highest BCUT2D eigenvalue weighted by molar-refractivity contribution is 6.08. The van der Waals surface area contributed by atoms with Crippen molar-refractivity contribution in [3.05, 3.63) is 119 Å². The molecule has 1 saturated heterocycles. The molecular formula is C35H36FN3O4. The Kier molecular flexibility index (Phi) is 9.56. The van der Waals surface area contributed by atoms with Gasteiger partial charge in [0, 0.05) is 37.1 Å². The van der Waals surface area contributed by atoms with E-state index in [1.54, 1.807) is 43.5 Å². The van der Waals surface area contributed by atoms with E-state index in [1.165, 1.54) is 24.8 Å². The van der Waals surface area contributed by atoms with E-state index in [-0.39, 0.29) is 24.2 Å². The van der Waals surface area contributed by atoms with E-state index in [1.807, 2.05) is 18.2 Å². The number of nitrogens with one attached hydrogen (secondary N) is 2. The number of benzene rings is 4. The molecule has 0 saturated carbocycles. The Morgan fingerprint density at radius 1 is 0.814 bits per heavy atom. The maximum absolute atomic E-state index is 13.6. The Hall–Kier alpha value is -4.85. The maximum Gasteiger partial charge on any atom is 0.259 e. The highest BCUT2D eigenvalue weighted by Crippen LogP contribution is 2.31. The zero-order valence-electron chi connectivity index (χ0n) is 24.4. The molecule has 4 aromatic rings. The molecule has 1 aliphatic heterocycles. The second-order valence-electron chi connectivity index (χ2n) is 10.7. The Morgan fingerprint density at radius 3 is 2.26 bits per heavy atom. The van der Waals surface area contributed by atoms with Gasteiger partial charge in [-0.2, -0.15) is 0 Å². The summed E-state index contributed by atoms with van der Waals surface area (Å²) in [6.45, 7) is 1.90. The minimum absolute atomic E-state index is 0.247. The number of carbonyl (C=O) groups excluding carboxylic acids is 2. The molecule has 0 bridgehead atoms. The van der Waals surface area contributed by atoms with Gasteiger partial charge in [-0.3, -0.25) is 9.59 Å². The predicted molar refractivity (Wildman–Crippen MR) is 167 cm³/mol. The molecule has 1 aliphatic rings. The number of hydrogen-bond acceptors (Lipinski definition) is 5. The third-order valence-electron chi connectivity index (χ3n) is 7.84. The highest BCUT2D eigenvalue weighted by atomic mass is 19.1. The van der Waals surface area contributed by atoms with Crippen LogP contribution in [0.4, 0.5) is 15.8 Å². The molecule has 8 heteroatoms. The summed E-state index contributed by atoms with van der Waals surface area (Å²) in [7, 11) is 3.04. The Balaban J connectivity index is 1.35. The summed E-state index contributed by atoms with van der Waals surface area (Å²) in [6.07, 6.45) is 3.07. The molecule has 0 aliphatic carbocycles. The van der Waals surface area contributed by atoms with Crippen molar-refractivity contribution in [2.75, 3.05) is 37.5 Å². The lowest BCUT2D eigenvalue weighted by atomic mass is 9.89. The van der Waals surface area contributed by atoms with E-state index in [4.69, 9.17) is 9.47 Å². The Bertz CT molecular complexity index is 1550. The number of piperidine rings is 1. The molecule has 0 radical (unpaired) electrons. The molecule has 222 valence electrons. The summed E-state index contributed by atoms with van der Waals surface area (Å²) >= 11 is 0. The van der Waals surface area contributed by atoms with Crippen LogP contribution in [0, 0.1) is 11.7 Å². The number of rotatable bonds is 10. The normalized spacial score (nSPS) is 13.3. The first-order valence-electron chi connectivity index (χ1n) is 14.4. The lowest BCUT2D eigenvalue weighted by Crippen LogP contribution is -2.36. The fourth-order valence-corrected chi connectivity index (χ4v) is 5.46. The van der Waals surface area contributed by atoms with Crippen LogP contribution in [0.15, 0.2) is 91.0 Å². The Morgan fingerprint density at radius 2 is 1.56 bits per heavy atom. The van der Waals surface area contributed by atoms with Gasteiger partial charge in [0.25, 0.3) is 11.8 Å². The highest BCUT2D eigenvalue weighted by Gasteiger charge is 2.24. The van der Waals surface area contributed by atoms with Crippen molar-refractivity contribution in [1.82, 2.24) is 5.32 Å². The predicted octanol–water partition coefficient (Wildman–Crippen LogP) is 6.48. The first-order valence-corrected chi connectivity index (χ1v) is 14.4. The summed E-state index contributed by atoms with van der Waals surface area (Å²) in [5, 5.41) is 5.87. The number of hydrogen-bond donors (Lipinski definition) is 2. The van der Waals surface area contributed by atoms with Gasteiger partial charge in [-0.15, -0.1) is 0 Å². The minimum atomic E-state index is -0.369. The summed E-state index contributed by atoms with van der Waals surface area (Å²) in [5.74, 6) is 0.558. The van der Waals surface area contributed by atoms with Gasteiger partial charge in [0.1, 0.15) is 17.3 Å². The molecule has 7 nitrogen and oxygen atoms in total. The van der Waals surface area contributed by atoms with Crippen LogP contribution in [0.1, 0.15) is 44.7 Å². The van der Waals surface area contributed by atoms with Crippen molar-refractivity contribution in [2.45, 2.75) is 25.8 Å². The second-order valence-corrected chi connectivity index (χ2v) is 10.7. The number of halogens is 1. The molecular weight excluding hydrogens is 545 g/mol.